The van der Waals surface area contributed by atoms with Gasteiger partial charge in [0.2, 0.25) is 0 Å². The zero-order chi connectivity index (χ0) is 9.42. The van der Waals surface area contributed by atoms with Gasteiger partial charge in [-0.2, -0.15) is 0 Å². The van der Waals surface area contributed by atoms with Gasteiger partial charge in [-0.05, 0) is 18.6 Å². The van der Waals surface area contributed by atoms with Gasteiger partial charge in [0, 0.05) is 15.4 Å². The zero-order valence-electron chi connectivity index (χ0n) is 7.10. The lowest BCUT2D eigenvalue weighted by molar-refractivity contribution is 0.635. The molecule has 0 radical (unpaired) electrons. The summed E-state index contributed by atoms with van der Waals surface area (Å²) in [6, 6.07) is 5.87. The fraction of sp³-hybridized carbons (Fsp3) is 0.200. The van der Waals surface area contributed by atoms with E-state index in [1.165, 1.54) is 11.3 Å². The summed E-state index contributed by atoms with van der Waals surface area (Å²) in [5.74, 6) is -0.0602. The summed E-state index contributed by atoms with van der Waals surface area (Å²) in [5.41, 5.74) is 1.01. The highest BCUT2D eigenvalue weighted by molar-refractivity contribution is 9.08. The topological polar surface area (TPSA) is 0 Å². The molecule has 0 saturated heterocycles. The van der Waals surface area contributed by atoms with Gasteiger partial charge in [-0.3, -0.25) is 0 Å². The first kappa shape index (κ1) is 9.16. The second-order valence-corrected chi connectivity index (χ2v) is 4.62. The van der Waals surface area contributed by atoms with Crippen LogP contribution >= 0.6 is 27.3 Å². The van der Waals surface area contributed by atoms with Crippen LogP contribution in [0.2, 0.25) is 0 Å². The molecule has 1 aromatic heterocycles. The summed E-state index contributed by atoms with van der Waals surface area (Å²) in [7, 11) is 0. The van der Waals surface area contributed by atoms with Crippen LogP contribution in [0.15, 0.2) is 18.2 Å². The number of benzene rings is 1. The Hall–Kier alpha value is -0.410. The predicted molar refractivity (Wildman–Crippen MR) is 59.2 cm³/mol. The third-order valence-corrected chi connectivity index (χ3v) is 4.12. The van der Waals surface area contributed by atoms with Gasteiger partial charge in [0.15, 0.2) is 0 Å². The van der Waals surface area contributed by atoms with E-state index in [0.717, 1.165) is 20.5 Å². The lowest BCUT2D eigenvalue weighted by Crippen LogP contribution is -1.78. The first-order valence-electron chi connectivity index (χ1n) is 3.96. The molecule has 2 rings (SSSR count). The largest absolute Gasteiger partial charge is 0.205 e. The molecule has 0 fully saturated rings. The fourth-order valence-electron chi connectivity index (χ4n) is 1.41. The van der Waals surface area contributed by atoms with E-state index >= 15 is 0 Å². The smallest absolute Gasteiger partial charge is 0.146 e. The summed E-state index contributed by atoms with van der Waals surface area (Å²) in [5, 5.41) is 1.37. The summed E-state index contributed by atoms with van der Waals surface area (Å²) in [6.07, 6.45) is 0. The van der Waals surface area contributed by atoms with Gasteiger partial charge in [0.1, 0.15) is 5.82 Å². The molecular formula is C10H8BrFS. The lowest BCUT2D eigenvalue weighted by Gasteiger charge is -1.94. The monoisotopic (exact) mass is 258 g/mol. The Labute approximate surface area is 88.5 Å². The van der Waals surface area contributed by atoms with Gasteiger partial charge in [-0.25, -0.2) is 4.39 Å². The highest BCUT2D eigenvalue weighted by atomic mass is 79.9. The van der Waals surface area contributed by atoms with Crippen molar-refractivity contribution < 1.29 is 4.39 Å². The quantitative estimate of drug-likeness (QED) is 0.672. The minimum absolute atomic E-state index is 0.0602. The number of aryl methyl sites for hydroxylation is 1. The van der Waals surface area contributed by atoms with Crippen molar-refractivity contribution in [2.24, 2.45) is 0 Å². The number of halogens is 2. The molecule has 0 aliphatic carbocycles. The van der Waals surface area contributed by atoms with E-state index < -0.39 is 0 Å². The van der Waals surface area contributed by atoms with E-state index in [9.17, 15) is 4.39 Å². The van der Waals surface area contributed by atoms with Crippen molar-refractivity contribution in [1.82, 2.24) is 0 Å². The van der Waals surface area contributed by atoms with Crippen molar-refractivity contribution in [3.8, 4) is 0 Å². The third-order valence-electron chi connectivity index (χ3n) is 2.05. The van der Waals surface area contributed by atoms with Crippen LogP contribution in [0, 0.1) is 12.7 Å². The maximum Gasteiger partial charge on any atom is 0.146 e. The summed E-state index contributed by atoms with van der Waals surface area (Å²) >= 11 is 4.80. The maximum atomic E-state index is 13.7. The molecule has 0 amide bonds. The highest BCUT2D eigenvalue weighted by Gasteiger charge is 2.11. The van der Waals surface area contributed by atoms with Crippen LogP contribution in [0.4, 0.5) is 4.39 Å². The first-order valence-corrected chi connectivity index (χ1v) is 5.90. The number of hydrogen-bond donors (Lipinski definition) is 0. The standard InChI is InChI=1S/C10H8BrFS/c1-6-3-2-4-7-9(6)10(12)8(5-11)13-7/h2-4H,5H2,1H3. The van der Waals surface area contributed by atoms with Crippen LogP contribution in [0.25, 0.3) is 10.1 Å². The van der Waals surface area contributed by atoms with E-state index in [2.05, 4.69) is 15.9 Å². The molecule has 0 N–H and O–H groups in total. The minimum Gasteiger partial charge on any atom is -0.205 e. The fourth-order valence-corrected chi connectivity index (χ4v) is 3.01. The normalized spacial score (nSPS) is 11.0. The number of fused-ring (bicyclic) bond motifs is 1. The van der Waals surface area contributed by atoms with Gasteiger partial charge in [0.05, 0.1) is 4.88 Å². The molecule has 0 unspecified atom stereocenters. The molecule has 3 heteroatoms. The maximum absolute atomic E-state index is 13.7. The Balaban J connectivity index is 2.85. The predicted octanol–water partition coefficient (Wildman–Crippen LogP) is 4.24. The Morgan fingerprint density at radius 3 is 2.85 bits per heavy atom. The molecule has 68 valence electrons. The number of hydrogen-bond acceptors (Lipinski definition) is 1. The molecule has 0 aliphatic heterocycles. The average Bonchev–Trinajstić information content (AvgIpc) is 2.44. The molecule has 0 aliphatic rings. The molecular weight excluding hydrogens is 251 g/mol. The molecule has 0 bridgehead atoms. The van der Waals surface area contributed by atoms with Crippen molar-refractivity contribution in [1.29, 1.82) is 0 Å². The van der Waals surface area contributed by atoms with E-state index in [1.807, 2.05) is 25.1 Å². The number of alkyl halides is 1. The summed E-state index contributed by atoms with van der Waals surface area (Å²) < 4.78 is 14.7. The van der Waals surface area contributed by atoms with Crippen LogP contribution in [0.3, 0.4) is 0 Å². The van der Waals surface area contributed by atoms with Crippen molar-refractivity contribution in [2.75, 3.05) is 0 Å². The van der Waals surface area contributed by atoms with E-state index in [0.29, 0.717) is 5.33 Å². The molecule has 0 spiro atoms. The SMILES string of the molecule is Cc1cccc2sc(CBr)c(F)c12. The Bertz CT molecular complexity index is 447. The lowest BCUT2D eigenvalue weighted by atomic mass is 10.1. The van der Waals surface area contributed by atoms with Crippen LogP contribution in [0.1, 0.15) is 10.4 Å². The van der Waals surface area contributed by atoms with Crippen LogP contribution in [-0.4, -0.2) is 0 Å². The van der Waals surface area contributed by atoms with E-state index in [4.69, 9.17) is 0 Å². The summed E-state index contributed by atoms with van der Waals surface area (Å²) in [4.78, 5) is 0.782. The van der Waals surface area contributed by atoms with Gasteiger partial charge in [-0.15, -0.1) is 11.3 Å². The van der Waals surface area contributed by atoms with Gasteiger partial charge in [-0.1, -0.05) is 28.1 Å². The third kappa shape index (κ3) is 1.40. The summed E-state index contributed by atoms with van der Waals surface area (Å²) in [6.45, 7) is 1.94. The molecule has 1 aromatic carbocycles. The van der Waals surface area contributed by atoms with E-state index in [1.54, 1.807) is 0 Å². The van der Waals surface area contributed by atoms with Gasteiger partial charge in [0.25, 0.3) is 0 Å². The second kappa shape index (κ2) is 3.39. The van der Waals surface area contributed by atoms with Crippen molar-refractivity contribution >= 4 is 37.4 Å². The molecule has 1 heterocycles. The number of rotatable bonds is 1. The Morgan fingerprint density at radius 1 is 1.46 bits per heavy atom. The molecule has 2 aromatic rings. The molecule has 0 saturated carbocycles. The number of thiophene rings is 1. The minimum atomic E-state index is -0.0602. The van der Waals surface area contributed by atoms with Gasteiger partial charge < -0.3 is 0 Å². The van der Waals surface area contributed by atoms with Crippen molar-refractivity contribution in [3.63, 3.8) is 0 Å². The second-order valence-electron chi connectivity index (χ2n) is 2.92. The molecule has 0 atom stereocenters. The van der Waals surface area contributed by atoms with Crippen LogP contribution in [0.5, 0.6) is 0 Å². The molecule has 13 heavy (non-hydrogen) atoms. The zero-order valence-corrected chi connectivity index (χ0v) is 9.51. The van der Waals surface area contributed by atoms with Gasteiger partial charge >= 0.3 is 0 Å². The Morgan fingerprint density at radius 2 is 2.23 bits per heavy atom. The van der Waals surface area contributed by atoms with E-state index in [-0.39, 0.29) is 5.82 Å². The average molecular weight is 259 g/mol. The van der Waals surface area contributed by atoms with Crippen LogP contribution < -0.4 is 0 Å². The van der Waals surface area contributed by atoms with Crippen molar-refractivity contribution in [2.45, 2.75) is 12.3 Å². The first-order chi connectivity index (χ1) is 6.24. The van der Waals surface area contributed by atoms with Crippen LogP contribution in [-0.2, 0) is 5.33 Å². The molecule has 0 nitrogen and oxygen atoms in total. The highest BCUT2D eigenvalue weighted by Crippen LogP contribution is 2.33. The van der Waals surface area contributed by atoms with Crippen molar-refractivity contribution in [3.05, 3.63) is 34.5 Å². The Kier molecular flexibility index (Phi) is 2.39.